The van der Waals surface area contributed by atoms with Crippen LogP contribution in [0, 0.1) is 0 Å². The maximum atomic E-state index is 13.1. The van der Waals surface area contributed by atoms with Gasteiger partial charge in [-0.1, -0.05) is 121 Å². The Kier molecular flexibility index (Phi) is 11.1. The van der Waals surface area contributed by atoms with Gasteiger partial charge in [-0.05, 0) is 58.0 Å². The number of rotatable bonds is 14. The summed E-state index contributed by atoms with van der Waals surface area (Å²) in [5.41, 5.74) is 6.08. The number of halogens is 1. The highest BCUT2D eigenvalue weighted by molar-refractivity contribution is 6.31. The minimum atomic E-state index is -2.52. The predicted molar refractivity (Wildman–Crippen MR) is 196 cm³/mol. The molecule has 1 saturated heterocycles. The average Bonchev–Trinajstić information content (AvgIpc) is 3.66. The highest BCUT2D eigenvalue weighted by Gasteiger charge is 2.64. The molecule has 2 aliphatic rings. The van der Waals surface area contributed by atoms with Crippen molar-refractivity contribution in [1.29, 1.82) is 0 Å². The van der Waals surface area contributed by atoms with Gasteiger partial charge in [-0.25, -0.2) is 0 Å². The maximum Gasteiger partial charge on any atom is 0.256 e. The van der Waals surface area contributed by atoms with Crippen LogP contribution in [0.25, 0.3) is 0 Å². The molecule has 5 aromatic carbocycles. The molecule has 0 aromatic heterocycles. The topological polar surface area (TPSA) is 92.7 Å². The van der Waals surface area contributed by atoms with E-state index in [2.05, 4.69) is 6.07 Å². The molecule has 8 nitrogen and oxygen atoms in total. The van der Waals surface area contributed by atoms with Gasteiger partial charge in [0.15, 0.2) is 6.29 Å². The van der Waals surface area contributed by atoms with Crippen molar-refractivity contribution in [2.75, 3.05) is 13.7 Å². The number of hydrogen-bond donors (Lipinski definition) is 1. The van der Waals surface area contributed by atoms with Gasteiger partial charge >= 0.3 is 0 Å². The minimum Gasteiger partial charge on any atom is -0.493 e. The van der Waals surface area contributed by atoms with E-state index in [-0.39, 0.29) is 19.8 Å². The van der Waals surface area contributed by atoms with E-state index in [0.29, 0.717) is 29.9 Å². The van der Waals surface area contributed by atoms with Crippen molar-refractivity contribution in [3.05, 3.63) is 171 Å². The summed E-state index contributed by atoms with van der Waals surface area (Å²) in [6.07, 6.45) is -1.77. The number of methoxy groups -OCH3 is 1. The summed E-state index contributed by atoms with van der Waals surface area (Å²) < 4.78 is 38.4. The summed E-state index contributed by atoms with van der Waals surface area (Å²) in [5.74, 6) is -3.48. The molecule has 0 aliphatic carbocycles. The average molecular weight is 721 g/mol. The van der Waals surface area contributed by atoms with Gasteiger partial charge in [0.1, 0.15) is 24.1 Å². The first-order chi connectivity index (χ1) is 25.4. The van der Waals surface area contributed by atoms with E-state index in [9.17, 15) is 9.90 Å². The largest absolute Gasteiger partial charge is 0.493 e. The third kappa shape index (κ3) is 7.70. The van der Waals surface area contributed by atoms with Crippen LogP contribution < -0.4 is 4.74 Å². The molecule has 1 fully saturated rings. The zero-order valence-electron chi connectivity index (χ0n) is 28.9. The van der Waals surface area contributed by atoms with Gasteiger partial charge in [0.2, 0.25) is 5.79 Å². The lowest BCUT2D eigenvalue weighted by molar-refractivity contribution is -0.436. The fourth-order valence-electron chi connectivity index (χ4n) is 6.94. The predicted octanol–water partition coefficient (Wildman–Crippen LogP) is 7.34. The first-order valence-corrected chi connectivity index (χ1v) is 17.7. The van der Waals surface area contributed by atoms with Gasteiger partial charge in [-0.3, -0.25) is 4.79 Å². The Morgan fingerprint density at radius 1 is 0.750 bits per heavy atom. The summed E-state index contributed by atoms with van der Waals surface area (Å²) in [5, 5.41) is 12.7. The first-order valence-electron chi connectivity index (χ1n) is 17.3. The molecule has 2 aliphatic heterocycles. The van der Waals surface area contributed by atoms with Crippen molar-refractivity contribution in [1.82, 2.24) is 0 Å². The fraction of sp³-hybridized carbons (Fsp3) is 0.279. The normalized spacial score (nSPS) is 23.9. The molecule has 0 spiro atoms. The van der Waals surface area contributed by atoms with E-state index < -0.39 is 29.9 Å². The van der Waals surface area contributed by atoms with Crippen LogP contribution in [-0.2, 0) is 66.9 Å². The van der Waals surface area contributed by atoms with Crippen molar-refractivity contribution in [3.8, 4) is 5.75 Å². The number of aliphatic hydroxyl groups is 1. The molecule has 7 rings (SSSR count). The number of benzene rings is 5. The van der Waals surface area contributed by atoms with E-state index in [4.69, 9.17) is 40.0 Å². The van der Waals surface area contributed by atoms with Crippen molar-refractivity contribution in [2.45, 2.75) is 62.5 Å². The summed E-state index contributed by atoms with van der Waals surface area (Å²) in [7, 11) is 1.46. The van der Waals surface area contributed by atoms with E-state index in [1.807, 2.05) is 109 Å². The highest BCUT2D eigenvalue weighted by atomic mass is 35.5. The second kappa shape index (κ2) is 16.1. The lowest BCUT2D eigenvalue weighted by Gasteiger charge is -2.53. The number of carbonyl (C=O) groups excluding carboxylic acids is 1. The molecule has 0 unspecified atom stereocenters. The van der Waals surface area contributed by atoms with Gasteiger partial charge in [-0.15, -0.1) is 0 Å². The number of fused-ring (bicyclic) bond motifs is 1. The smallest absolute Gasteiger partial charge is 0.256 e. The number of ether oxygens (including phenoxy) is 6. The number of hydrogen-bond acceptors (Lipinski definition) is 8. The van der Waals surface area contributed by atoms with Crippen LogP contribution in [0.1, 0.15) is 38.9 Å². The van der Waals surface area contributed by atoms with Crippen molar-refractivity contribution < 1.29 is 38.3 Å². The van der Waals surface area contributed by atoms with Crippen LogP contribution >= 0.6 is 11.6 Å². The van der Waals surface area contributed by atoms with Crippen LogP contribution in [0.5, 0.6) is 5.75 Å². The highest BCUT2D eigenvalue weighted by Crippen LogP contribution is 2.47. The summed E-state index contributed by atoms with van der Waals surface area (Å²) >= 11 is 6.83. The first kappa shape index (κ1) is 36.0. The quantitative estimate of drug-likeness (QED) is 0.119. The summed E-state index contributed by atoms with van der Waals surface area (Å²) in [4.78, 5) is 13.1. The molecule has 1 N–H and O–H groups in total. The molecule has 268 valence electrons. The molecule has 0 amide bonds. The summed E-state index contributed by atoms with van der Waals surface area (Å²) in [6, 6.07) is 40.3. The Morgan fingerprint density at radius 2 is 1.35 bits per heavy atom. The van der Waals surface area contributed by atoms with Crippen molar-refractivity contribution >= 4 is 17.9 Å². The molecular weight excluding hydrogens is 680 g/mol. The Hall–Kier alpha value is -4.38. The monoisotopic (exact) mass is 720 g/mol. The van der Waals surface area contributed by atoms with Crippen molar-refractivity contribution in [3.63, 3.8) is 0 Å². The number of carbonyl (C=O) groups is 1. The summed E-state index contributed by atoms with van der Waals surface area (Å²) in [6.45, 7) is 1.01. The van der Waals surface area contributed by atoms with Gasteiger partial charge < -0.3 is 33.5 Å². The molecule has 9 heteroatoms. The molecule has 5 atom stereocenters. The second-order valence-electron chi connectivity index (χ2n) is 13.1. The second-order valence-corrected chi connectivity index (χ2v) is 13.5. The van der Waals surface area contributed by atoms with Crippen LogP contribution in [0.3, 0.4) is 0 Å². The van der Waals surface area contributed by atoms with E-state index in [1.54, 1.807) is 12.1 Å². The molecule has 2 heterocycles. The van der Waals surface area contributed by atoms with Crippen LogP contribution in [0.2, 0.25) is 5.02 Å². The zero-order chi connectivity index (χ0) is 36.0. The minimum absolute atomic E-state index is 0.0680. The molecule has 0 bridgehead atoms. The number of aldehydes is 1. The third-order valence-corrected chi connectivity index (χ3v) is 9.96. The van der Waals surface area contributed by atoms with Crippen LogP contribution in [-0.4, -0.2) is 49.2 Å². The molecular formula is C43H41ClO8. The Bertz CT molecular complexity index is 1940. The Labute approximate surface area is 308 Å². The molecule has 0 saturated carbocycles. The van der Waals surface area contributed by atoms with Gasteiger partial charge in [0, 0.05) is 24.1 Å². The van der Waals surface area contributed by atoms with E-state index >= 15 is 0 Å². The van der Waals surface area contributed by atoms with Gasteiger partial charge in [0.25, 0.3) is 5.79 Å². The maximum absolute atomic E-state index is 13.1. The Morgan fingerprint density at radius 3 is 1.94 bits per heavy atom. The molecule has 52 heavy (non-hydrogen) atoms. The molecule has 0 radical (unpaired) electrons. The zero-order valence-corrected chi connectivity index (χ0v) is 29.6. The standard InChI is InChI=1S/C43H41ClO8/c1-47-43(36-18-19-37(44)35(25-36)24-33-17-20-38-34(23-33)21-22-48-38)41(51-28-32-15-9-4-10-16-32)39(49-26-30-11-5-2-6-12-30)40(42(46,29-45)52-43)50-27-31-13-7-3-8-14-31/h2-20,23,25,29,39-41,46H,21-22,24,26-28H2,1H3/t39-,40-,41+,42+,43-/m0/s1. The Balaban J connectivity index is 1.31. The SMILES string of the molecule is CO[C@@]1(c2ccc(Cl)c(Cc3ccc4c(c3)CCO4)c2)O[C@](O)(C=O)[C@@H](OCc2ccccc2)[C@H](OCc2ccccc2)[C@H]1OCc1ccccc1. The fourth-order valence-corrected chi connectivity index (χ4v) is 7.12. The van der Waals surface area contributed by atoms with E-state index in [0.717, 1.165) is 45.6 Å². The van der Waals surface area contributed by atoms with Gasteiger partial charge in [-0.2, -0.15) is 0 Å². The van der Waals surface area contributed by atoms with Gasteiger partial charge in [0.05, 0.1) is 26.4 Å². The molecule has 5 aromatic rings. The van der Waals surface area contributed by atoms with Crippen molar-refractivity contribution in [2.24, 2.45) is 0 Å². The lowest BCUT2D eigenvalue weighted by Crippen LogP contribution is -2.71. The van der Waals surface area contributed by atoms with E-state index in [1.165, 1.54) is 7.11 Å². The van der Waals surface area contributed by atoms with Crippen LogP contribution in [0.15, 0.2) is 127 Å². The third-order valence-electron chi connectivity index (χ3n) is 9.59. The lowest BCUT2D eigenvalue weighted by atomic mass is 9.85. The van der Waals surface area contributed by atoms with Crippen LogP contribution in [0.4, 0.5) is 0 Å².